The summed E-state index contributed by atoms with van der Waals surface area (Å²) in [4.78, 5) is 33.9. The second-order valence-electron chi connectivity index (χ2n) is 5.57. The molecule has 1 amide bonds. The summed E-state index contributed by atoms with van der Waals surface area (Å²) in [5, 5.41) is 0.914. The molecular weight excluding hydrogens is 306 g/mol. The van der Waals surface area contributed by atoms with Crippen LogP contribution in [0.5, 0.6) is 0 Å². The largest absolute Gasteiger partial charge is 0.405 e. The molecule has 0 unspecified atom stereocenters. The summed E-state index contributed by atoms with van der Waals surface area (Å²) in [6.45, 7) is 5.58. The summed E-state index contributed by atoms with van der Waals surface area (Å²) in [6.07, 6.45) is 7.48. The molecule has 2 aromatic rings. The number of H-pyrrole nitrogens is 1. The molecule has 24 heavy (non-hydrogen) atoms. The summed E-state index contributed by atoms with van der Waals surface area (Å²) in [5.74, 6) is -0.0592. The number of hydrogen-bond donors (Lipinski definition) is 2. The van der Waals surface area contributed by atoms with E-state index in [1.54, 1.807) is 17.2 Å². The molecule has 0 spiro atoms. The van der Waals surface area contributed by atoms with Crippen LogP contribution in [0.1, 0.15) is 5.56 Å². The Hall–Kier alpha value is -3.09. The number of nitrogens with two attached hydrogens (primary N) is 1. The van der Waals surface area contributed by atoms with Crippen molar-refractivity contribution in [3.05, 3.63) is 42.9 Å². The summed E-state index contributed by atoms with van der Waals surface area (Å²) in [5.41, 5.74) is 8.79. The van der Waals surface area contributed by atoms with Crippen LogP contribution in [-0.2, 0) is 9.59 Å². The highest BCUT2D eigenvalue weighted by Crippen LogP contribution is 2.32. The number of carbonyl (C=O) groups is 2. The number of rotatable bonds is 5. The number of aromatic amines is 1. The van der Waals surface area contributed by atoms with Crippen molar-refractivity contribution in [2.24, 2.45) is 5.73 Å². The summed E-state index contributed by atoms with van der Waals surface area (Å²) < 4.78 is 0. The van der Waals surface area contributed by atoms with Gasteiger partial charge in [0.2, 0.25) is 5.91 Å². The lowest BCUT2D eigenvalue weighted by Crippen LogP contribution is -2.51. The van der Waals surface area contributed by atoms with E-state index in [2.05, 4.69) is 16.5 Å². The van der Waals surface area contributed by atoms with E-state index in [9.17, 15) is 9.59 Å². The Labute approximate surface area is 139 Å². The van der Waals surface area contributed by atoms with Gasteiger partial charge in [-0.25, -0.2) is 4.98 Å². The molecule has 0 saturated carbocycles. The van der Waals surface area contributed by atoms with Gasteiger partial charge in [-0.1, -0.05) is 6.58 Å². The van der Waals surface area contributed by atoms with Crippen LogP contribution in [-0.4, -0.2) is 53.2 Å². The van der Waals surface area contributed by atoms with Crippen LogP contribution in [0.2, 0.25) is 0 Å². The lowest BCUT2D eigenvalue weighted by molar-refractivity contribution is -0.132. The number of piperazine rings is 1. The zero-order valence-electron chi connectivity index (χ0n) is 13.2. The van der Waals surface area contributed by atoms with Gasteiger partial charge in [0, 0.05) is 36.4 Å². The molecule has 1 fully saturated rings. The fraction of sp³-hybridized carbons (Fsp3) is 0.235. The zero-order valence-corrected chi connectivity index (χ0v) is 13.2. The maximum absolute atomic E-state index is 12.2. The van der Waals surface area contributed by atoms with Gasteiger partial charge in [0.05, 0.1) is 18.8 Å². The Morgan fingerprint density at radius 2 is 2.29 bits per heavy atom. The maximum Gasteiger partial charge on any atom is 0.242 e. The number of amides is 1. The van der Waals surface area contributed by atoms with Crippen molar-refractivity contribution < 1.29 is 9.59 Å². The molecule has 0 bridgehead atoms. The standard InChI is InChI=1S/C17H19N5O2/c1-12(2-4-18)13-10-20-17-16(13)14(3-5-19-17)22-7-6-21(8-9-23)15(24)11-22/h2-5,9-10H,1,6-8,11,18H2,(H,19,20)/b4-2-. The van der Waals surface area contributed by atoms with E-state index < -0.39 is 0 Å². The smallest absolute Gasteiger partial charge is 0.242 e. The summed E-state index contributed by atoms with van der Waals surface area (Å²) in [6, 6.07) is 1.89. The van der Waals surface area contributed by atoms with Crippen LogP contribution in [0.4, 0.5) is 5.69 Å². The lowest BCUT2D eigenvalue weighted by atomic mass is 10.1. The van der Waals surface area contributed by atoms with Gasteiger partial charge in [0.25, 0.3) is 0 Å². The number of allylic oxidation sites excluding steroid dienone is 2. The van der Waals surface area contributed by atoms with Gasteiger partial charge in [0.15, 0.2) is 0 Å². The third-order valence-corrected chi connectivity index (χ3v) is 4.15. The molecule has 1 saturated heterocycles. The van der Waals surface area contributed by atoms with Crippen LogP contribution in [0.3, 0.4) is 0 Å². The molecule has 3 N–H and O–H groups in total. The topological polar surface area (TPSA) is 95.3 Å². The summed E-state index contributed by atoms with van der Waals surface area (Å²) in [7, 11) is 0. The first-order valence-corrected chi connectivity index (χ1v) is 7.65. The molecule has 7 heteroatoms. The zero-order chi connectivity index (χ0) is 17.1. The van der Waals surface area contributed by atoms with E-state index in [-0.39, 0.29) is 19.0 Å². The third kappa shape index (κ3) is 2.76. The lowest BCUT2D eigenvalue weighted by Gasteiger charge is -2.35. The molecule has 1 aliphatic heterocycles. The van der Waals surface area contributed by atoms with Crippen LogP contribution in [0, 0.1) is 0 Å². The van der Waals surface area contributed by atoms with Gasteiger partial charge in [-0.3, -0.25) is 4.79 Å². The number of nitrogens with one attached hydrogen (secondary N) is 1. The van der Waals surface area contributed by atoms with E-state index >= 15 is 0 Å². The second-order valence-corrected chi connectivity index (χ2v) is 5.57. The van der Waals surface area contributed by atoms with Gasteiger partial charge in [-0.15, -0.1) is 0 Å². The first-order chi connectivity index (χ1) is 11.7. The normalized spacial score (nSPS) is 15.4. The number of aldehydes is 1. The van der Waals surface area contributed by atoms with Crippen molar-refractivity contribution in [3.63, 3.8) is 0 Å². The van der Waals surface area contributed by atoms with E-state index in [4.69, 9.17) is 5.73 Å². The number of aromatic nitrogens is 2. The highest BCUT2D eigenvalue weighted by Gasteiger charge is 2.25. The first-order valence-electron chi connectivity index (χ1n) is 7.65. The van der Waals surface area contributed by atoms with Crippen LogP contribution in [0.15, 0.2) is 37.3 Å². The van der Waals surface area contributed by atoms with Crippen molar-refractivity contribution in [1.29, 1.82) is 0 Å². The van der Waals surface area contributed by atoms with Gasteiger partial charge in [0.1, 0.15) is 11.9 Å². The predicted octanol–water partition coefficient (Wildman–Crippen LogP) is 0.896. The average molecular weight is 325 g/mol. The quantitative estimate of drug-likeness (QED) is 0.629. The summed E-state index contributed by atoms with van der Waals surface area (Å²) >= 11 is 0. The van der Waals surface area contributed by atoms with Crippen molar-refractivity contribution in [2.45, 2.75) is 0 Å². The fourth-order valence-corrected chi connectivity index (χ4v) is 2.96. The molecule has 124 valence electrons. The minimum Gasteiger partial charge on any atom is -0.405 e. The van der Waals surface area contributed by atoms with Crippen LogP contribution in [0.25, 0.3) is 16.6 Å². The Bertz CT molecular complexity index is 823. The van der Waals surface area contributed by atoms with Gasteiger partial charge in [-0.05, 0) is 23.9 Å². The molecular formula is C17H19N5O2. The van der Waals surface area contributed by atoms with E-state index in [1.807, 2.05) is 17.2 Å². The molecule has 1 aliphatic rings. The molecule has 0 aromatic carbocycles. The van der Waals surface area contributed by atoms with Crippen LogP contribution >= 0.6 is 0 Å². The minimum atomic E-state index is -0.0592. The molecule has 7 nitrogen and oxygen atoms in total. The SMILES string of the molecule is C=C(/C=C\N)c1c[nH]c2nccc(N3CCN(CC=O)C(=O)C3)c12. The molecule has 3 heterocycles. The van der Waals surface area contributed by atoms with Crippen molar-refractivity contribution in [1.82, 2.24) is 14.9 Å². The molecule has 0 atom stereocenters. The van der Waals surface area contributed by atoms with Crippen LogP contribution < -0.4 is 10.6 Å². The van der Waals surface area contributed by atoms with Crippen molar-refractivity contribution in [3.8, 4) is 0 Å². The van der Waals surface area contributed by atoms with Gasteiger partial charge < -0.3 is 25.3 Å². The van der Waals surface area contributed by atoms with E-state index in [0.29, 0.717) is 13.1 Å². The number of hydrogen-bond acceptors (Lipinski definition) is 5. The fourth-order valence-electron chi connectivity index (χ4n) is 2.96. The molecule has 3 rings (SSSR count). The van der Waals surface area contributed by atoms with E-state index in [0.717, 1.165) is 34.1 Å². The van der Waals surface area contributed by atoms with Gasteiger partial charge in [-0.2, -0.15) is 0 Å². The molecule has 2 aromatic heterocycles. The van der Waals surface area contributed by atoms with E-state index in [1.165, 1.54) is 6.20 Å². The highest BCUT2D eigenvalue weighted by atomic mass is 16.2. The first kappa shape index (κ1) is 15.8. The predicted molar refractivity (Wildman–Crippen MR) is 93.3 cm³/mol. The minimum absolute atomic E-state index is 0.0592. The van der Waals surface area contributed by atoms with Gasteiger partial charge >= 0.3 is 0 Å². The third-order valence-electron chi connectivity index (χ3n) is 4.15. The number of pyridine rings is 1. The Kier molecular flexibility index (Phi) is 4.33. The number of carbonyl (C=O) groups excluding carboxylic acids is 2. The Morgan fingerprint density at radius 3 is 3.00 bits per heavy atom. The Balaban J connectivity index is 1.98. The second kappa shape index (κ2) is 6.57. The number of fused-ring (bicyclic) bond motifs is 1. The molecule has 0 aliphatic carbocycles. The highest BCUT2D eigenvalue weighted by molar-refractivity contribution is 6.02. The number of nitrogens with zero attached hydrogens (tertiary/aromatic N) is 3. The maximum atomic E-state index is 12.2. The van der Waals surface area contributed by atoms with Crippen molar-refractivity contribution >= 4 is 34.5 Å². The Morgan fingerprint density at radius 1 is 1.46 bits per heavy atom. The average Bonchev–Trinajstić information content (AvgIpc) is 3.01. The van der Waals surface area contributed by atoms with Crippen molar-refractivity contribution in [2.75, 3.05) is 31.1 Å². The molecule has 0 radical (unpaired) electrons. The number of anilines is 1. The monoisotopic (exact) mass is 325 g/mol.